The van der Waals surface area contributed by atoms with Crippen LogP contribution < -0.4 is 5.32 Å². The Morgan fingerprint density at radius 3 is 2.30 bits per heavy atom. The van der Waals surface area contributed by atoms with Gasteiger partial charge in [0.25, 0.3) is 11.6 Å². The van der Waals surface area contributed by atoms with Crippen LogP contribution in [0.2, 0.25) is 0 Å². The summed E-state index contributed by atoms with van der Waals surface area (Å²) in [5.74, 6) is -2.27. The fourth-order valence-corrected chi connectivity index (χ4v) is 1.60. The average molecular weight is 324 g/mol. The molecule has 0 spiro atoms. The molecule has 0 aliphatic heterocycles. The molecule has 0 unspecified atom stereocenters. The number of hydrogen-bond acceptors (Lipinski definition) is 7. The predicted octanol–water partition coefficient (Wildman–Crippen LogP) is 1.06. The maximum atomic E-state index is 11.9. The molecule has 9 heteroatoms. The summed E-state index contributed by atoms with van der Waals surface area (Å²) in [6, 6.07) is 3.04. The third-order valence-corrected chi connectivity index (χ3v) is 2.69. The maximum absolute atomic E-state index is 11.9. The average Bonchev–Trinajstić information content (AvgIpc) is 2.56. The van der Waals surface area contributed by atoms with E-state index in [9.17, 15) is 24.5 Å². The van der Waals surface area contributed by atoms with E-state index in [4.69, 9.17) is 4.74 Å². The Morgan fingerprint density at radius 1 is 1.17 bits per heavy atom. The molecule has 0 saturated heterocycles. The van der Waals surface area contributed by atoms with Crippen molar-refractivity contribution >= 4 is 23.5 Å². The Bertz CT molecular complexity index is 628. The van der Waals surface area contributed by atoms with Crippen molar-refractivity contribution in [2.45, 2.75) is 13.3 Å². The Kier molecular flexibility index (Phi) is 6.66. The molecule has 9 nitrogen and oxygen atoms in total. The second kappa shape index (κ2) is 8.47. The summed E-state index contributed by atoms with van der Waals surface area (Å²) in [6.07, 6.45) is 0.729. The van der Waals surface area contributed by atoms with Gasteiger partial charge < -0.3 is 14.8 Å². The largest absolute Gasteiger partial charge is 0.465 e. The molecule has 0 aliphatic rings. The number of ether oxygens (including phenoxy) is 2. The van der Waals surface area contributed by atoms with Crippen LogP contribution in [0, 0.1) is 10.1 Å². The molecule has 124 valence electrons. The lowest BCUT2D eigenvalue weighted by Crippen LogP contribution is -2.29. The first kappa shape index (κ1) is 18.1. The lowest BCUT2D eigenvalue weighted by atomic mass is 10.1. The van der Waals surface area contributed by atoms with Crippen molar-refractivity contribution in [2.75, 3.05) is 20.3 Å². The third kappa shape index (κ3) is 5.38. The zero-order valence-corrected chi connectivity index (χ0v) is 12.7. The van der Waals surface area contributed by atoms with Crippen LogP contribution in [0.15, 0.2) is 18.2 Å². The van der Waals surface area contributed by atoms with E-state index in [2.05, 4.69) is 10.1 Å². The van der Waals surface area contributed by atoms with Crippen molar-refractivity contribution in [3.63, 3.8) is 0 Å². The van der Waals surface area contributed by atoms with Crippen molar-refractivity contribution in [2.24, 2.45) is 0 Å². The number of nitrogens with one attached hydrogen (secondary N) is 1. The fourth-order valence-electron chi connectivity index (χ4n) is 1.60. The lowest BCUT2D eigenvalue weighted by Gasteiger charge is -2.07. The summed E-state index contributed by atoms with van der Waals surface area (Å²) in [5.41, 5.74) is -0.845. The number of nitro groups is 1. The molecule has 0 radical (unpaired) electrons. The highest BCUT2D eigenvalue weighted by molar-refractivity contribution is 5.97. The van der Waals surface area contributed by atoms with Gasteiger partial charge in [-0.15, -0.1) is 0 Å². The third-order valence-electron chi connectivity index (χ3n) is 2.69. The van der Waals surface area contributed by atoms with Crippen LogP contribution in [-0.4, -0.2) is 43.0 Å². The quantitative estimate of drug-likeness (QED) is 0.451. The zero-order chi connectivity index (χ0) is 17.4. The predicted molar refractivity (Wildman–Crippen MR) is 78.0 cm³/mol. The van der Waals surface area contributed by atoms with E-state index in [0.29, 0.717) is 6.54 Å². The normalized spacial score (nSPS) is 9.83. The molecule has 1 aromatic carbocycles. The van der Waals surface area contributed by atoms with Crippen molar-refractivity contribution in [1.29, 1.82) is 0 Å². The smallest absolute Gasteiger partial charge is 0.338 e. The lowest BCUT2D eigenvalue weighted by molar-refractivity contribution is -0.384. The van der Waals surface area contributed by atoms with Gasteiger partial charge in [0.05, 0.1) is 23.2 Å². The molecule has 0 saturated carbocycles. The van der Waals surface area contributed by atoms with E-state index in [0.717, 1.165) is 31.7 Å². The standard InChI is InChI=1S/C14H16N2O7/c1-3-4-15-12(17)8-23-14(19)10-5-9(13(18)22-2)6-11(7-10)16(20)21/h5-7H,3-4,8H2,1-2H3,(H,15,17). The number of rotatable bonds is 7. The van der Waals surface area contributed by atoms with E-state index in [-0.39, 0.29) is 11.1 Å². The van der Waals surface area contributed by atoms with Gasteiger partial charge in [-0.25, -0.2) is 9.59 Å². The molecule has 0 aliphatic carbocycles. The van der Waals surface area contributed by atoms with Gasteiger partial charge in [0.1, 0.15) is 0 Å². The summed E-state index contributed by atoms with van der Waals surface area (Å²) in [4.78, 5) is 44.8. The molecule has 1 N–H and O–H groups in total. The number of hydrogen-bond donors (Lipinski definition) is 1. The minimum absolute atomic E-state index is 0.163. The molecule has 0 atom stereocenters. The van der Waals surface area contributed by atoms with E-state index in [1.165, 1.54) is 0 Å². The van der Waals surface area contributed by atoms with Gasteiger partial charge in [-0.2, -0.15) is 0 Å². The molecule has 0 heterocycles. The molecule has 1 rings (SSSR count). The number of methoxy groups -OCH3 is 1. The molecule has 1 aromatic rings. The SMILES string of the molecule is CCCNC(=O)COC(=O)c1cc(C(=O)OC)cc([N+](=O)[O-])c1. The molecular formula is C14H16N2O7. The zero-order valence-electron chi connectivity index (χ0n) is 12.7. The number of esters is 2. The van der Waals surface area contributed by atoms with Crippen molar-refractivity contribution in [3.05, 3.63) is 39.4 Å². The second-order valence-electron chi connectivity index (χ2n) is 4.44. The molecule has 0 bridgehead atoms. The second-order valence-corrected chi connectivity index (χ2v) is 4.44. The molecular weight excluding hydrogens is 308 g/mol. The van der Waals surface area contributed by atoms with Crippen LogP contribution in [-0.2, 0) is 14.3 Å². The highest BCUT2D eigenvalue weighted by Crippen LogP contribution is 2.18. The van der Waals surface area contributed by atoms with Crippen LogP contribution in [0.5, 0.6) is 0 Å². The van der Waals surface area contributed by atoms with Crippen LogP contribution in [0.1, 0.15) is 34.1 Å². The number of carbonyl (C=O) groups excluding carboxylic acids is 3. The first-order valence-corrected chi connectivity index (χ1v) is 6.70. The van der Waals surface area contributed by atoms with E-state index < -0.39 is 35.1 Å². The minimum Gasteiger partial charge on any atom is -0.465 e. The topological polar surface area (TPSA) is 125 Å². The van der Waals surface area contributed by atoms with E-state index >= 15 is 0 Å². The van der Waals surface area contributed by atoms with Gasteiger partial charge >= 0.3 is 11.9 Å². The van der Waals surface area contributed by atoms with Crippen molar-refractivity contribution in [3.8, 4) is 0 Å². The summed E-state index contributed by atoms with van der Waals surface area (Å²) in [5, 5.41) is 13.4. The number of non-ortho nitro benzene ring substituents is 1. The first-order chi connectivity index (χ1) is 10.9. The van der Waals surface area contributed by atoms with Gasteiger partial charge in [-0.1, -0.05) is 6.92 Å². The Hall–Kier alpha value is -2.97. The highest BCUT2D eigenvalue weighted by Gasteiger charge is 2.19. The van der Waals surface area contributed by atoms with E-state index in [1.54, 1.807) is 0 Å². The van der Waals surface area contributed by atoms with Crippen molar-refractivity contribution in [1.82, 2.24) is 5.32 Å². The number of nitrogens with zero attached hydrogens (tertiary/aromatic N) is 1. The van der Waals surface area contributed by atoms with Gasteiger partial charge in [-0.05, 0) is 12.5 Å². The summed E-state index contributed by atoms with van der Waals surface area (Å²) >= 11 is 0. The van der Waals surface area contributed by atoms with E-state index in [1.807, 2.05) is 6.92 Å². The molecule has 0 fully saturated rings. The Balaban J connectivity index is 2.90. The molecule has 0 aromatic heterocycles. The van der Waals surface area contributed by atoms with Crippen LogP contribution in [0.3, 0.4) is 0 Å². The van der Waals surface area contributed by atoms with Gasteiger partial charge in [0, 0.05) is 18.7 Å². The monoisotopic (exact) mass is 324 g/mol. The Morgan fingerprint density at radius 2 is 1.78 bits per heavy atom. The number of nitro benzene ring substituents is 1. The maximum Gasteiger partial charge on any atom is 0.338 e. The summed E-state index contributed by atoms with van der Waals surface area (Å²) in [6.45, 7) is 1.79. The van der Waals surface area contributed by atoms with Gasteiger partial charge in [-0.3, -0.25) is 14.9 Å². The van der Waals surface area contributed by atoms with Gasteiger partial charge in [0.2, 0.25) is 0 Å². The molecule has 23 heavy (non-hydrogen) atoms. The Labute approximate surface area is 131 Å². The minimum atomic E-state index is -0.953. The highest BCUT2D eigenvalue weighted by atomic mass is 16.6. The number of benzene rings is 1. The number of amides is 1. The molecule has 1 amide bonds. The summed E-state index contributed by atoms with van der Waals surface area (Å²) in [7, 11) is 1.11. The van der Waals surface area contributed by atoms with Crippen LogP contribution in [0.25, 0.3) is 0 Å². The number of carbonyl (C=O) groups is 3. The van der Waals surface area contributed by atoms with Crippen LogP contribution >= 0.6 is 0 Å². The first-order valence-electron chi connectivity index (χ1n) is 6.70. The van der Waals surface area contributed by atoms with Crippen LogP contribution in [0.4, 0.5) is 5.69 Å². The van der Waals surface area contributed by atoms with Crippen molar-refractivity contribution < 1.29 is 28.8 Å². The summed E-state index contributed by atoms with van der Waals surface area (Å²) < 4.78 is 9.23. The van der Waals surface area contributed by atoms with Gasteiger partial charge in [0.15, 0.2) is 6.61 Å². The fraction of sp³-hybridized carbons (Fsp3) is 0.357.